The molecule has 21 heavy (non-hydrogen) atoms. The molecule has 0 spiro atoms. The van der Waals surface area contributed by atoms with Gasteiger partial charge in [-0.15, -0.1) is 4.98 Å². The Labute approximate surface area is 125 Å². The molecular weight excluding hydrogens is 272 g/mol. The van der Waals surface area contributed by atoms with E-state index in [1.165, 1.54) is 0 Å². The Morgan fingerprint density at radius 1 is 1.24 bits per heavy atom. The van der Waals surface area contributed by atoms with Crippen molar-refractivity contribution in [3.05, 3.63) is 23.2 Å². The summed E-state index contributed by atoms with van der Waals surface area (Å²) in [6, 6.07) is 3.68. The van der Waals surface area contributed by atoms with Crippen LogP contribution in [0.25, 0.3) is 11.2 Å². The van der Waals surface area contributed by atoms with Gasteiger partial charge in [-0.2, -0.15) is 4.68 Å². The molecule has 0 saturated heterocycles. The van der Waals surface area contributed by atoms with E-state index in [1.54, 1.807) is 10.9 Å². The van der Waals surface area contributed by atoms with Crippen molar-refractivity contribution >= 4 is 11.2 Å². The van der Waals surface area contributed by atoms with Crippen molar-refractivity contribution < 1.29 is 9.65 Å². The minimum Gasteiger partial charge on any atom is -0.400 e. The Morgan fingerprint density at radius 3 is 2.24 bits per heavy atom. The van der Waals surface area contributed by atoms with Gasteiger partial charge >= 0.3 is 5.65 Å². The van der Waals surface area contributed by atoms with Crippen LogP contribution in [0.4, 0.5) is 0 Å². The van der Waals surface area contributed by atoms with Gasteiger partial charge in [0.25, 0.3) is 0 Å². The first-order valence-electron chi connectivity index (χ1n) is 6.77. The van der Waals surface area contributed by atoms with Crippen molar-refractivity contribution in [3.63, 3.8) is 0 Å². The predicted molar refractivity (Wildman–Crippen MR) is 83.4 cm³/mol. The Bertz CT molecular complexity index is 567. The number of aliphatic hydroxyl groups excluding tert-OH is 1. The third-order valence-corrected chi connectivity index (χ3v) is 2.57. The molecule has 0 bridgehead atoms. The van der Waals surface area contributed by atoms with E-state index in [0.717, 1.165) is 12.6 Å². The number of pyridine rings is 1. The minimum atomic E-state index is -0.0723. The molecule has 0 aliphatic heterocycles. The maximum absolute atomic E-state index is 11.7. The zero-order valence-corrected chi connectivity index (χ0v) is 13.9. The third kappa shape index (κ3) is 4.35. The summed E-state index contributed by atoms with van der Waals surface area (Å²) in [5.74, 6) is 0. The molecule has 0 unspecified atom stereocenters. The van der Waals surface area contributed by atoms with Gasteiger partial charge in [-0.1, -0.05) is 24.0 Å². The molecule has 2 N–H and O–H groups in total. The van der Waals surface area contributed by atoms with Crippen molar-refractivity contribution in [2.75, 3.05) is 35.3 Å². The Balaban J connectivity index is 0.000000921. The van der Waals surface area contributed by atoms with Crippen LogP contribution in [0, 0.1) is 4.91 Å². The van der Waals surface area contributed by atoms with Gasteiger partial charge in [0, 0.05) is 7.11 Å². The number of nitrogens with one attached hydrogen (secondary N) is 1. The van der Waals surface area contributed by atoms with Crippen molar-refractivity contribution in [2.45, 2.75) is 20.1 Å². The molecule has 0 aliphatic rings. The van der Waals surface area contributed by atoms with Crippen LogP contribution >= 0.6 is 0 Å². The fourth-order valence-electron chi connectivity index (χ4n) is 2.03. The van der Waals surface area contributed by atoms with E-state index in [4.69, 9.17) is 5.11 Å². The Kier molecular flexibility index (Phi) is 8.44. The van der Waals surface area contributed by atoms with Gasteiger partial charge < -0.3 is 5.11 Å². The molecule has 0 amide bonds. The number of hydrogen-bond donors (Lipinski definition) is 2. The molecule has 0 aromatic carbocycles. The van der Waals surface area contributed by atoms with Crippen molar-refractivity contribution in [1.82, 2.24) is 24.7 Å². The van der Waals surface area contributed by atoms with Crippen LogP contribution in [0.15, 0.2) is 18.3 Å². The van der Waals surface area contributed by atoms with Crippen LogP contribution in [0.1, 0.15) is 20.1 Å². The average molecular weight is 299 g/mol. The lowest BCUT2D eigenvalue weighted by atomic mass is 10.4. The quantitative estimate of drug-likeness (QED) is 0.637. The third-order valence-electron chi connectivity index (χ3n) is 2.57. The number of aromatic amines is 1. The standard InChI is InChI=1S/C10H17N6O.C2H6.CH4O/c1-13(2)10(14(3)4)15-8-6-5-7-11-9(8)16(17)12-15;2*1-2/h5-7,10H,1-4H3,(H,12,17);1-2H3;2H,1H3/q+1;;. The van der Waals surface area contributed by atoms with Gasteiger partial charge in [0.1, 0.15) is 6.20 Å². The van der Waals surface area contributed by atoms with Crippen LogP contribution < -0.4 is 4.54 Å². The van der Waals surface area contributed by atoms with Gasteiger partial charge in [0.05, 0.1) is 4.54 Å². The second-order valence-electron chi connectivity index (χ2n) is 4.38. The fraction of sp³-hybridized carbons (Fsp3) is 0.615. The number of nitrogens with zero attached hydrogens (tertiary/aromatic N) is 5. The maximum Gasteiger partial charge on any atom is 0.367 e. The molecule has 2 aromatic heterocycles. The van der Waals surface area contributed by atoms with Crippen molar-refractivity contribution in [2.24, 2.45) is 0 Å². The first kappa shape index (κ1) is 19.2. The van der Waals surface area contributed by atoms with E-state index in [0.29, 0.717) is 10.2 Å². The highest BCUT2D eigenvalue weighted by Gasteiger charge is 2.25. The number of aliphatic hydroxyl groups is 1. The average Bonchev–Trinajstić information content (AvgIpc) is 2.80. The SMILES string of the molecule is CC.CN(C)C(N(C)C)n1[nH][n+](=O)c2ncccc21.CO. The van der Waals surface area contributed by atoms with Crippen LogP contribution in [0.3, 0.4) is 0 Å². The monoisotopic (exact) mass is 299 g/mol. The van der Waals surface area contributed by atoms with E-state index >= 15 is 0 Å². The van der Waals surface area contributed by atoms with Gasteiger partial charge in [-0.25, -0.2) is 0 Å². The normalized spacial score (nSPS) is 10.4. The number of aromatic nitrogens is 4. The lowest BCUT2D eigenvalue weighted by molar-refractivity contribution is -0.544. The molecule has 2 aromatic rings. The van der Waals surface area contributed by atoms with Crippen LogP contribution in [0.5, 0.6) is 0 Å². The Morgan fingerprint density at radius 2 is 1.76 bits per heavy atom. The molecule has 0 atom stereocenters. The summed E-state index contributed by atoms with van der Waals surface area (Å²) in [6.45, 7) is 4.00. The lowest BCUT2D eigenvalue weighted by Crippen LogP contribution is -2.38. The van der Waals surface area contributed by atoms with Crippen LogP contribution in [-0.4, -0.2) is 65.1 Å². The molecule has 2 rings (SSSR count). The largest absolute Gasteiger partial charge is 0.400 e. The first-order chi connectivity index (χ1) is 10.0. The second kappa shape index (κ2) is 9.22. The number of fused-ring (bicyclic) bond motifs is 1. The second-order valence-corrected chi connectivity index (χ2v) is 4.38. The highest BCUT2D eigenvalue weighted by atomic mass is 16.3. The van der Waals surface area contributed by atoms with Gasteiger partial charge in [0.15, 0.2) is 0 Å². The highest BCUT2D eigenvalue weighted by Crippen LogP contribution is 2.15. The topological polar surface area (TPSA) is 83.3 Å². The summed E-state index contributed by atoms with van der Waals surface area (Å²) in [5.41, 5.74) is 1.16. The van der Waals surface area contributed by atoms with Gasteiger partial charge in [-0.3, -0.25) is 9.80 Å². The van der Waals surface area contributed by atoms with E-state index < -0.39 is 0 Å². The number of H-pyrrole nitrogens is 1. The van der Waals surface area contributed by atoms with E-state index in [1.807, 2.05) is 64.0 Å². The molecule has 0 aliphatic carbocycles. The molecule has 2 heterocycles. The number of hydrogen-bond acceptors (Lipinski definition) is 5. The zero-order valence-electron chi connectivity index (χ0n) is 13.9. The fourth-order valence-corrected chi connectivity index (χ4v) is 2.03. The van der Waals surface area contributed by atoms with E-state index in [2.05, 4.69) is 10.2 Å². The van der Waals surface area contributed by atoms with Gasteiger partial charge in [0.2, 0.25) is 11.8 Å². The summed E-state index contributed by atoms with van der Waals surface area (Å²) in [6.07, 6.45) is 1.53. The maximum atomic E-state index is 11.7. The molecular formula is C13H27N6O2+. The molecule has 8 heteroatoms. The molecule has 8 nitrogen and oxygen atoms in total. The summed E-state index contributed by atoms with van der Waals surface area (Å²) in [7, 11) is 8.82. The predicted octanol–water partition coefficient (Wildman–Crippen LogP) is 0.493. The van der Waals surface area contributed by atoms with Crippen molar-refractivity contribution in [3.8, 4) is 0 Å². The zero-order chi connectivity index (χ0) is 16.6. The lowest BCUT2D eigenvalue weighted by Gasteiger charge is -2.27. The highest BCUT2D eigenvalue weighted by molar-refractivity contribution is 5.65. The van der Waals surface area contributed by atoms with E-state index in [9.17, 15) is 4.91 Å². The summed E-state index contributed by atoms with van der Waals surface area (Å²) >= 11 is 0. The Hall–Kier alpha value is -1.77. The van der Waals surface area contributed by atoms with Crippen molar-refractivity contribution in [1.29, 1.82) is 0 Å². The van der Waals surface area contributed by atoms with Crippen LogP contribution in [0.2, 0.25) is 0 Å². The first-order valence-corrected chi connectivity index (χ1v) is 6.77. The van der Waals surface area contributed by atoms with E-state index in [-0.39, 0.29) is 6.29 Å². The minimum absolute atomic E-state index is 0.0723. The summed E-state index contributed by atoms with van der Waals surface area (Å²) < 4.78 is 2.46. The summed E-state index contributed by atoms with van der Waals surface area (Å²) in [5, 5.41) is 9.75. The van der Waals surface area contributed by atoms with Crippen LogP contribution in [-0.2, 0) is 0 Å². The smallest absolute Gasteiger partial charge is 0.367 e. The molecule has 0 fully saturated rings. The molecule has 0 saturated carbocycles. The van der Waals surface area contributed by atoms with Gasteiger partial charge in [-0.05, 0) is 40.3 Å². The number of rotatable bonds is 3. The molecule has 120 valence electrons. The molecule has 0 radical (unpaired) electrons. The summed E-state index contributed by atoms with van der Waals surface area (Å²) in [4.78, 5) is 19.8.